The molecule has 1 atom stereocenters. The molecule has 0 radical (unpaired) electrons. The van der Waals surface area contributed by atoms with Crippen LogP contribution in [0.2, 0.25) is 0 Å². The summed E-state index contributed by atoms with van der Waals surface area (Å²) in [6, 6.07) is 0. The average molecular weight is 270 g/mol. The Morgan fingerprint density at radius 1 is 1.16 bits per heavy atom. The minimum Gasteiger partial charge on any atom is -0.377 e. The van der Waals surface area contributed by atoms with Crippen molar-refractivity contribution in [1.29, 1.82) is 0 Å². The van der Waals surface area contributed by atoms with Crippen LogP contribution in [-0.4, -0.2) is 49.8 Å². The van der Waals surface area contributed by atoms with Crippen LogP contribution in [0.4, 0.5) is 0 Å². The van der Waals surface area contributed by atoms with Crippen molar-refractivity contribution in [3.05, 3.63) is 0 Å². The molecule has 0 aromatic heterocycles. The van der Waals surface area contributed by atoms with Crippen LogP contribution in [0.5, 0.6) is 0 Å². The van der Waals surface area contributed by atoms with Gasteiger partial charge in [0.2, 0.25) is 0 Å². The summed E-state index contributed by atoms with van der Waals surface area (Å²) in [5.74, 6) is 0. The fraction of sp³-hybridized carbons (Fsp3) is 1.00. The van der Waals surface area contributed by atoms with Crippen LogP contribution in [0.25, 0.3) is 0 Å². The van der Waals surface area contributed by atoms with Crippen LogP contribution in [0.3, 0.4) is 0 Å². The molecule has 1 unspecified atom stereocenters. The Labute approximate surface area is 120 Å². The lowest BCUT2D eigenvalue weighted by Crippen LogP contribution is -2.36. The van der Waals surface area contributed by atoms with Crippen molar-refractivity contribution < 1.29 is 4.74 Å². The number of hydrogen-bond acceptors (Lipinski definition) is 3. The van der Waals surface area contributed by atoms with Gasteiger partial charge in [-0.2, -0.15) is 0 Å². The van der Waals surface area contributed by atoms with Crippen molar-refractivity contribution in [2.24, 2.45) is 0 Å². The van der Waals surface area contributed by atoms with E-state index in [1.54, 1.807) is 0 Å². The monoisotopic (exact) mass is 270 g/mol. The summed E-state index contributed by atoms with van der Waals surface area (Å²) in [6.07, 6.45) is 8.23. The van der Waals surface area contributed by atoms with E-state index in [4.69, 9.17) is 4.74 Å². The molecule has 114 valence electrons. The second-order valence-electron chi connectivity index (χ2n) is 6.99. The minimum absolute atomic E-state index is 0.259. The lowest BCUT2D eigenvalue weighted by molar-refractivity contribution is -0.00160. The summed E-state index contributed by atoms with van der Waals surface area (Å²) in [5, 5.41) is 3.54. The van der Waals surface area contributed by atoms with Crippen LogP contribution in [0, 0.1) is 0 Å². The van der Waals surface area contributed by atoms with Gasteiger partial charge in [0, 0.05) is 18.7 Å². The number of nitrogens with zero attached hydrogens (tertiary/aromatic N) is 1. The predicted octanol–water partition coefficient (Wildman–Crippen LogP) is 3.05. The zero-order valence-electron chi connectivity index (χ0n) is 13.5. The van der Waals surface area contributed by atoms with Gasteiger partial charge in [0.05, 0.1) is 6.10 Å². The maximum atomic E-state index is 5.78. The Hall–Kier alpha value is -0.120. The summed E-state index contributed by atoms with van der Waals surface area (Å²) >= 11 is 0. The molecule has 1 aliphatic heterocycles. The Morgan fingerprint density at radius 3 is 2.58 bits per heavy atom. The summed E-state index contributed by atoms with van der Waals surface area (Å²) in [4.78, 5) is 2.44. The maximum Gasteiger partial charge on any atom is 0.0701 e. The summed E-state index contributed by atoms with van der Waals surface area (Å²) in [5.41, 5.74) is 0.259. The lowest BCUT2D eigenvalue weighted by Gasteiger charge is -2.27. The van der Waals surface area contributed by atoms with Gasteiger partial charge in [0.1, 0.15) is 0 Å². The molecule has 3 heteroatoms. The topological polar surface area (TPSA) is 24.5 Å². The fourth-order valence-electron chi connectivity index (χ4n) is 2.54. The van der Waals surface area contributed by atoms with Gasteiger partial charge >= 0.3 is 0 Å². The third-order valence-corrected chi connectivity index (χ3v) is 3.66. The van der Waals surface area contributed by atoms with Crippen LogP contribution in [0.15, 0.2) is 0 Å². The highest BCUT2D eigenvalue weighted by Gasteiger charge is 2.15. The molecule has 1 saturated heterocycles. The van der Waals surface area contributed by atoms with Gasteiger partial charge in [-0.3, -0.25) is 0 Å². The van der Waals surface area contributed by atoms with E-state index >= 15 is 0 Å². The van der Waals surface area contributed by atoms with Crippen molar-refractivity contribution >= 4 is 0 Å². The maximum absolute atomic E-state index is 5.78. The standard InChI is InChI=1S/C16H34N2O/c1-16(2,3)17-11-7-5-8-12-18(4)14-15-10-6-9-13-19-15/h15,17H,5-14H2,1-4H3. The molecule has 0 saturated carbocycles. The first-order valence-corrected chi connectivity index (χ1v) is 8.02. The number of rotatable bonds is 8. The Bertz CT molecular complexity index is 219. The molecule has 0 aromatic rings. The second kappa shape index (κ2) is 8.93. The van der Waals surface area contributed by atoms with Gasteiger partial charge in [-0.15, -0.1) is 0 Å². The molecule has 1 heterocycles. The first kappa shape index (κ1) is 16.9. The summed E-state index contributed by atoms with van der Waals surface area (Å²) < 4.78 is 5.78. The van der Waals surface area contributed by atoms with Crippen molar-refractivity contribution in [3.63, 3.8) is 0 Å². The molecule has 0 aliphatic carbocycles. The van der Waals surface area contributed by atoms with Crippen molar-refractivity contribution in [2.75, 3.05) is 33.3 Å². The third kappa shape index (κ3) is 9.42. The van der Waals surface area contributed by atoms with Crippen LogP contribution >= 0.6 is 0 Å². The summed E-state index contributed by atoms with van der Waals surface area (Å²) in [7, 11) is 2.23. The average Bonchev–Trinajstić information content (AvgIpc) is 2.33. The normalized spacial score (nSPS) is 21.0. The number of nitrogens with one attached hydrogen (secondary N) is 1. The molecule has 19 heavy (non-hydrogen) atoms. The lowest BCUT2D eigenvalue weighted by atomic mass is 10.1. The molecule has 1 aliphatic rings. The van der Waals surface area contributed by atoms with E-state index in [9.17, 15) is 0 Å². The van der Waals surface area contributed by atoms with Crippen LogP contribution in [0.1, 0.15) is 59.3 Å². The smallest absolute Gasteiger partial charge is 0.0701 e. The van der Waals surface area contributed by atoms with E-state index in [1.165, 1.54) is 45.1 Å². The van der Waals surface area contributed by atoms with E-state index in [2.05, 4.69) is 38.0 Å². The zero-order valence-corrected chi connectivity index (χ0v) is 13.5. The number of hydrogen-bond donors (Lipinski definition) is 1. The minimum atomic E-state index is 0.259. The van der Waals surface area contributed by atoms with E-state index in [0.29, 0.717) is 6.10 Å². The van der Waals surface area contributed by atoms with Gasteiger partial charge in [0.15, 0.2) is 0 Å². The molecular formula is C16H34N2O. The quantitative estimate of drug-likeness (QED) is 0.686. The molecular weight excluding hydrogens is 236 g/mol. The van der Waals surface area contributed by atoms with E-state index in [0.717, 1.165) is 19.7 Å². The fourth-order valence-corrected chi connectivity index (χ4v) is 2.54. The highest BCUT2D eigenvalue weighted by atomic mass is 16.5. The molecule has 1 rings (SSSR count). The van der Waals surface area contributed by atoms with E-state index in [1.807, 2.05) is 0 Å². The molecule has 0 amide bonds. The summed E-state index contributed by atoms with van der Waals surface area (Å²) in [6.45, 7) is 11.1. The number of ether oxygens (including phenoxy) is 1. The van der Waals surface area contributed by atoms with Crippen LogP contribution in [-0.2, 0) is 4.74 Å². The molecule has 0 bridgehead atoms. The first-order chi connectivity index (χ1) is 8.97. The molecule has 1 N–H and O–H groups in total. The van der Waals surface area contributed by atoms with E-state index < -0.39 is 0 Å². The SMILES string of the molecule is CN(CCCCCNC(C)(C)C)CC1CCCCO1. The third-order valence-electron chi connectivity index (χ3n) is 3.66. The molecule has 0 aromatic carbocycles. The number of unbranched alkanes of at least 4 members (excludes halogenated alkanes) is 2. The largest absolute Gasteiger partial charge is 0.377 e. The highest BCUT2D eigenvalue weighted by molar-refractivity contribution is 4.70. The zero-order chi connectivity index (χ0) is 14.1. The van der Waals surface area contributed by atoms with Gasteiger partial charge in [0.25, 0.3) is 0 Å². The van der Waals surface area contributed by atoms with Crippen LogP contribution < -0.4 is 5.32 Å². The van der Waals surface area contributed by atoms with Gasteiger partial charge in [-0.05, 0) is 73.0 Å². The first-order valence-electron chi connectivity index (χ1n) is 8.02. The Balaban J connectivity index is 1.93. The molecule has 3 nitrogen and oxygen atoms in total. The van der Waals surface area contributed by atoms with Gasteiger partial charge in [-0.1, -0.05) is 6.42 Å². The second-order valence-corrected chi connectivity index (χ2v) is 6.99. The highest BCUT2D eigenvalue weighted by Crippen LogP contribution is 2.13. The Morgan fingerprint density at radius 2 is 1.95 bits per heavy atom. The van der Waals surface area contributed by atoms with Crippen molar-refractivity contribution in [2.45, 2.75) is 70.9 Å². The molecule has 1 fully saturated rings. The van der Waals surface area contributed by atoms with Gasteiger partial charge in [-0.25, -0.2) is 0 Å². The number of likely N-dealkylation sites (N-methyl/N-ethyl adjacent to an activating group) is 1. The van der Waals surface area contributed by atoms with E-state index in [-0.39, 0.29) is 5.54 Å². The Kier molecular flexibility index (Phi) is 7.96. The molecule has 0 spiro atoms. The van der Waals surface area contributed by atoms with Crippen molar-refractivity contribution in [1.82, 2.24) is 10.2 Å². The van der Waals surface area contributed by atoms with Gasteiger partial charge < -0.3 is 15.0 Å². The predicted molar refractivity (Wildman–Crippen MR) is 82.7 cm³/mol. The van der Waals surface area contributed by atoms with Crippen molar-refractivity contribution in [3.8, 4) is 0 Å².